The number of imide groups is 1. The number of hydrogen-bond acceptors (Lipinski definition) is 12. The van der Waals surface area contributed by atoms with Crippen LogP contribution in [0.25, 0.3) is 21.8 Å². The normalized spacial score (nSPS) is 26.1. The van der Waals surface area contributed by atoms with Crippen LogP contribution in [0, 0.1) is 23.1 Å². The molecule has 1 spiro atoms. The number of anilines is 5. The van der Waals surface area contributed by atoms with Crippen LogP contribution in [-0.4, -0.2) is 109 Å². The molecule has 20 heteroatoms. The van der Waals surface area contributed by atoms with Gasteiger partial charge in [0.1, 0.15) is 10.5 Å². The van der Waals surface area contributed by atoms with Gasteiger partial charge in [-0.05, 0) is 112 Å². The van der Waals surface area contributed by atoms with Crippen molar-refractivity contribution in [3.8, 4) is 5.75 Å². The average Bonchev–Trinajstić information content (AvgIpc) is 4.12. The number of piperidine rings is 4. The van der Waals surface area contributed by atoms with Gasteiger partial charge in [0, 0.05) is 73.1 Å². The lowest BCUT2D eigenvalue weighted by Gasteiger charge is -2.50. The molecule has 6 aliphatic rings. The van der Waals surface area contributed by atoms with Crippen molar-refractivity contribution in [3.05, 3.63) is 63.4 Å². The van der Waals surface area contributed by atoms with Gasteiger partial charge in [0.2, 0.25) is 23.5 Å². The SMILES string of the molecule is C[C@@H]1CN(c2ccc3c(C4CCC(=O)NC4=O)nn(C)c3c2F)CC[C@]1(I)CN1CCC2(CC1)CCN(c1ncc(Cl)c(Nc3ccc4c(c3)c3c(c(=O)n4C)OCC(F)(F)[C@H](C4CC4)N3)n1)CC2. The topological polar surface area (TPSA) is 155 Å². The summed E-state index contributed by atoms with van der Waals surface area (Å²) in [5.41, 5.74) is 2.68. The summed E-state index contributed by atoms with van der Waals surface area (Å²) < 4.78 is 55.4. The average molecular weight is 1080 g/mol. The summed E-state index contributed by atoms with van der Waals surface area (Å²) in [6, 6.07) is 7.97. The van der Waals surface area contributed by atoms with Gasteiger partial charge in [0.15, 0.2) is 18.2 Å². The highest BCUT2D eigenvalue weighted by Gasteiger charge is 2.51. The van der Waals surface area contributed by atoms with E-state index in [4.69, 9.17) is 21.3 Å². The van der Waals surface area contributed by atoms with Gasteiger partial charge in [-0.3, -0.25) is 24.4 Å². The molecule has 5 fully saturated rings. The van der Waals surface area contributed by atoms with Crippen LogP contribution in [0.1, 0.15) is 76.3 Å². The van der Waals surface area contributed by atoms with E-state index in [1.807, 2.05) is 24.3 Å². The molecule has 2 aromatic carbocycles. The first kappa shape index (κ1) is 46.5. The highest BCUT2D eigenvalue weighted by molar-refractivity contribution is 14.1. The molecule has 2 amide bonds. The van der Waals surface area contributed by atoms with Crippen LogP contribution in [-0.2, 0) is 23.7 Å². The number of pyridine rings is 1. The molecule has 3 aromatic heterocycles. The number of nitrogens with one attached hydrogen (secondary N) is 3. The maximum Gasteiger partial charge on any atom is 0.301 e. The maximum absolute atomic E-state index is 16.4. The van der Waals surface area contributed by atoms with Crippen molar-refractivity contribution in [2.45, 2.75) is 86.0 Å². The Labute approximate surface area is 416 Å². The quantitative estimate of drug-likeness (QED) is 0.0787. The molecule has 15 nitrogen and oxygen atoms in total. The Hall–Kier alpha value is -4.89. The van der Waals surface area contributed by atoms with Crippen molar-refractivity contribution in [2.75, 3.05) is 72.9 Å². The Morgan fingerprint density at radius 2 is 1.70 bits per heavy atom. The lowest BCUT2D eigenvalue weighted by Crippen LogP contribution is -2.55. The third-order valence-electron chi connectivity index (χ3n) is 16.2. The first-order valence-corrected chi connectivity index (χ1v) is 25.6. The van der Waals surface area contributed by atoms with Crippen LogP contribution < -0.4 is 36.0 Å². The number of carbonyl (C=O) groups is 2. The maximum atomic E-state index is 16.4. The summed E-state index contributed by atoms with van der Waals surface area (Å²) in [6.07, 6.45) is 8.81. The van der Waals surface area contributed by atoms with E-state index in [1.54, 1.807) is 26.4 Å². The number of alkyl halides is 3. The fraction of sp³-hybridized carbons (Fsp3) is 0.551. The van der Waals surface area contributed by atoms with Crippen LogP contribution in [0.4, 0.5) is 42.0 Å². The number of fused-ring (bicyclic) bond motifs is 4. The Morgan fingerprint density at radius 1 is 0.957 bits per heavy atom. The van der Waals surface area contributed by atoms with E-state index in [2.05, 4.69) is 70.2 Å². The largest absolute Gasteiger partial charge is 0.480 e. The van der Waals surface area contributed by atoms with Crippen LogP contribution in [0.5, 0.6) is 5.75 Å². The molecule has 1 aliphatic carbocycles. The molecule has 366 valence electrons. The van der Waals surface area contributed by atoms with Crippen LogP contribution in [0.3, 0.4) is 0 Å². The summed E-state index contributed by atoms with van der Waals surface area (Å²) in [6.45, 7) is 7.56. The second-order valence-electron chi connectivity index (χ2n) is 20.5. The Balaban J connectivity index is 0.709. The Kier molecular flexibility index (Phi) is 11.8. The van der Waals surface area contributed by atoms with Crippen LogP contribution >= 0.6 is 34.2 Å². The molecule has 69 heavy (non-hydrogen) atoms. The van der Waals surface area contributed by atoms with Gasteiger partial charge >= 0.3 is 5.92 Å². The lowest BCUT2D eigenvalue weighted by atomic mass is 9.71. The molecule has 4 saturated heterocycles. The van der Waals surface area contributed by atoms with Gasteiger partial charge < -0.3 is 34.6 Å². The number of amides is 2. The van der Waals surface area contributed by atoms with Gasteiger partial charge in [-0.25, -0.2) is 18.2 Å². The van der Waals surface area contributed by atoms with Crippen LogP contribution in [0.2, 0.25) is 5.02 Å². The van der Waals surface area contributed by atoms with Crippen molar-refractivity contribution >= 4 is 96.6 Å². The predicted octanol–water partition coefficient (Wildman–Crippen LogP) is 7.89. The zero-order chi connectivity index (χ0) is 48.1. The first-order chi connectivity index (χ1) is 33.0. The molecular weight excluding hydrogens is 1030 g/mol. The van der Waals surface area contributed by atoms with E-state index >= 15 is 13.2 Å². The van der Waals surface area contributed by atoms with E-state index in [0.717, 1.165) is 77.9 Å². The number of rotatable bonds is 8. The fourth-order valence-corrected chi connectivity index (χ4v) is 12.7. The fourth-order valence-electron chi connectivity index (χ4n) is 11.7. The standard InChI is InChI=1S/C49H56ClF3IN11O4/c1-27-24-65(35-10-7-30-38(60-62(3)40(30)37(35)51)31-8-11-36(66)57-44(31)67)21-16-48(27,54)25-63-17-12-47(13-18-63)14-19-64(20-15-47)46-55-23-33(50)43(59-46)56-29-6-9-34-32(22-29)39-41(45(68)61(34)2)69-26-49(52,53)42(58-39)28-4-5-28/h6-7,9-10,22-23,27-28,31,42,58H,4-5,8,11-21,24-26H2,1-3H3,(H,55,56,59)(H,57,66,67)/t27-,31?,42+,48+/m1/s1. The minimum atomic E-state index is -3.14. The number of benzene rings is 2. The van der Waals surface area contributed by atoms with Crippen molar-refractivity contribution in [1.29, 1.82) is 0 Å². The zero-order valence-electron chi connectivity index (χ0n) is 38.9. The summed E-state index contributed by atoms with van der Waals surface area (Å²) in [5.74, 6) is -3.72. The smallest absolute Gasteiger partial charge is 0.301 e. The van der Waals surface area contributed by atoms with Crippen molar-refractivity contribution < 1.29 is 27.5 Å². The highest BCUT2D eigenvalue weighted by atomic mass is 127. The summed E-state index contributed by atoms with van der Waals surface area (Å²) >= 11 is 9.36. The summed E-state index contributed by atoms with van der Waals surface area (Å²) in [5, 5.41) is 14.9. The predicted molar refractivity (Wildman–Crippen MR) is 268 cm³/mol. The number of ether oxygens (including phenoxy) is 1. The van der Waals surface area contributed by atoms with E-state index in [0.29, 0.717) is 80.8 Å². The highest BCUT2D eigenvalue weighted by Crippen LogP contribution is 2.48. The van der Waals surface area contributed by atoms with Gasteiger partial charge in [-0.15, -0.1) is 0 Å². The third kappa shape index (κ3) is 8.44. The number of halogens is 5. The van der Waals surface area contributed by atoms with E-state index < -0.39 is 30.0 Å². The monoisotopic (exact) mass is 1080 g/mol. The number of carbonyl (C=O) groups excluding carboxylic acids is 2. The molecule has 1 saturated carbocycles. The lowest BCUT2D eigenvalue weighted by molar-refractivity contribution is -0.134. The van der Waals surface area contributed by atoms with Crippen LogP contribution in [0.15, 0.2) is 41.3 Å². The number of likely N-dealkylation sites (tertiary alicyclic amines) is 1. The van der Waals surface area contributed by atoms with Gasteiger partial charge in [-0.1, -0.05) is 41.1 Å². The van der Waals surface area contributed by atoms with Gasteiger partial charge in [0.25, 0.3) is 5.56 Å². The third-order valence-corrected chi connectivity index (χ3v) is 18.4. The molecule has 3 N–H and O–H groups in total. The number of aryl methyl sites for hydroxylation is 2. The number of nitrogens with zero attached hydrogens (tertiary/aromatic N) is 8. The Morgan fingerprint density at radius 3 is 2.42 bits per heavy atom. The molecule has 1 unspecified atom stereocenters. The Bertz CT molecular complexity index is 2950. The van der Waals surface area contributed by atoms with Gasteiger partial charge in [0.05, 0.1) is 40.7 Å². The molecular formula is C49H56ClF3IN11O4. The minimum absolute atomic E-state index is 0.0397. The molecule has 5 aromatic rings. The zero-order valence-corrected chi connectivity index (χ0v) is 41.8. The molecule has 0 bridgehead atoms. The minimum Gasteiger partial charge on any atom is -0.480 e. The van der Waals surface area contributed by atoms with E-state index in [9.17, 15) is 14.4 Å². The molecule has 11 rings (SSSR count). The molecule has 5 aliphatic heterocycles. The summed E-state index contributed by atoms with van der Waals surface area (Å²) in [4.78, 5) is 54.3. The molecule has 0 radical (unpaired) electrons. The second kappa shape index (κ2) is 17.5. The van der Waals surface area contributed by atoms with Crippen molar-refractivity contribution in [1.82, 2.24) is 34.5 Å². The first-order valence-electron chi connectivity index (χ1n) is 24.1. The van der Waals surface area contributed by atoms with Gasteiger partial charge in [-0.2, -0.15) is 10.1 Å². The van der Waals surface area contributed by atoms with E-state index in [-0.39, 0.29) is 50.2 Å². The number of hydrogen-bond donors (Lipinski definition) is 3. The van der Waals surface area contributed by atoms with Crippen molar-refractivity contribution in [2.24, 2.45) is 31.3 Å². The summed E-state index contributed by atoms with van der Waals surface area (Å²) in [7, 11) is 3.31. The molecule has 8 heterocycles. The van der Waals surface area contributed by atoms with E-state index in [1.165, 1.54) is 9.25 Å². The second-order valence-corrected chi connectivity index (χ2v) is 23.1. The van der Waals surface area contributed by atoms with Crippen molar-refractivity contribution in [3.63, 3.8) is 0 Å². The number of aromatic nitrogens is 5. The molecule has 4 atom stereocenters.